The van der Waals surface area contributed by atoms with Gasteiger partial charge in [-0.25, -0.2) is 4.79 Å². The summed E-state index contributed by atoms with van der Waals surface area (Å²) in [6.45, 7) is 7.49. The van der Waals surface area contributed by atoms with E-state index in [1.165, 1.54) is 4.90 Å². The topological polar surface area (TPSA) is 81.8 Å². The zero-order valence-corrected chi connectivity index (χ0v) is 15.4. The number of halogens is 1. The second-order valence-electron chi connectivity index (χ2n) is 5.76. The number of hydrogen-bond donors (Lipinski definition) is 2. The summed E-state index contributed by atoms with van der Waals surface area (Å²) in [5.41, 5.74) is 0.802. The molecule has 7 nitrogen and oxygen atoms in total. The summed E-state index contributed by atoms with van der Waals surface area (Å²) in [5, 5.41) is 5.74. The van der Waals surface area contributed by atoms with Crippen LogP contribution in [0, 0.1) is 0 Å². The van der Waals surface area contributed by atoms with Crippen molar-refractivity contribution in [1.82, 2.24) is 15.1 Å². The monoisotopic (exact) mass is 366 g/mol. The first-order valence-electron chi connectivity index (χ1n) is 8.33. The van der Waals surface area contributed by atoms with Crippen molar-refractivity contribution in [3.8, 4) is 0 Å². The molecular weight excluding hydrogens is 344 g/mol. The van der Waals surface area contributed by atoms with Crippen LogP contribution in [-0.4, -0.2) is 59.9 Å². The molecule has 4 amide bonds. The molecule has 136 valence electrons. The Morgan fingerprint density at radius 1 is 1.36 bits per heavy atom. The van der Waals surface area contributed by atoms with Crippen LogP contribution in [0.2, 0.25) is 5.02 Å². The van der Waals surface area contributed by atoms with Gasteiger partial charge >= 0.3 is 6.03 Å². The summed E-state index contributed by atoms with van der Waals surface area (Å²) in [5.74, 6) is -0.319. The molecule has 0 unspecified atom stereocenters. The molecule has 1 aliphatic rings. The average Bonchev–Trinajstić information content (AvgIpc) is 2.60. The van der Waals surface area contributed by atoms with Gasteiger partial charge in [0.25, 0.3) is 5.91 Å². The van der Waals surface area contributed by atoms with E-state index < -0.39 is 12.1 Å². The molecule has 1 saturated heterocycles. The lowest BCUT2D eigenvalue weighted by atomic mass is 10.1. The van der Waals surface area contributed by atoms with Crippen molar-refractivity contribution < 1.29 is 14.4 Å². The predicted octanol–water partition coefficient (Wildman–Crippen LogP) is 2.17. The molecule has 0 aromatic heterocycles. The van der Waals surface area contributed by atoms with E-state index in [1.807, 2.05) is 13.8 Å². The van der Waals surface area contributed by atoms with Crippen molar-refractivity contribution in [3.05, 3.63) is 28.8 Å². The molecule has 0 bridgehead atoms. The van der Waals surface area contributed by atoms with Gasteiger partial charge in [0.2, 0.25) is 5.91 Å². The van der Waals surface area contributed by atoms with E-state index in [4.69, 9.17) is 11.6 Å². The van der Waals surface area contributed by atoms with Gasteiger partial charge in [-0.15, -0.1) is 0 Å². The Kier molecular flexibility index (Phi) is 6.25. The zero-order valence-electron chi connectivity index (χ0n) is 14.6. The van der Waals surface area contributed by atoms with Gasteiger partial charge in [0, 0.05) is 31.7 Å². The van der Waals surface area contributed by atoms with E-state index in [9.17, 15) is 14.4 Å². The Labute approximate surface area is 152 Å². The van der Waals surface area contributed by atoms with Gasteiger partial charge in [0.1, 0.15) is 6.04 Å². The predicted molar refractivity (Wildman–Crippen MR) is 96.9 cm³/mol. The van der Waals surface area contributed by atoms with Crippen molar-refractivity contribution in [3.63, 3.8) is 0 Å². The molecule has 1 aromatic rings. The van der Waals surface area contributed by atoms with Gasteiger partial charge in [-0.2, -0.15) is 0 Å². The molecule has 1 aliphatic heterocycles. The Morgan fingerprint density at radius 2 is 2.04 bits per heavy atom. The maximum absolute atomic E-state index is 12.5. The van der Waals surface area contributed by atoms with Crippen LogP contribution < -0.4 is 10.6 Å². The van der Waals surface area contributed by atoms with Crippen LogP contribution >= 0.6 is 11.6 Å². The van der Waals surface area contributed by atoms with Crippen LogP contribution in [0.1, 0.15) is 31.1 Å². The minimum atomic E-state index is -0.562. The van der Waals surface area contributed by atoms with Crippen molar-refractivity contribution in [2.75, 3.05) is 31.5 Å². The Balaban J connectivity index is 2.19. The molecule has 1 heterocycles. The first-order valence-corrected chi connectivity index (χ1v) is 8.71. The summed E-state index contributed by atoms with van der Waals surface area (Å²) in [6.07, 6.45) is 0. The van der Waals surface area contributed by atoms with Crippen LogP contribution in [-0.2, 0) is 4.79 Å². The minimum Gasteiger partial charge on any atom is -0.353 e. The summed E-state index contributed by atoms with van der Waals surface area (Å²) in [7, 11) is 0. The summed E-state index contributed by atoms with van der Waals surface area (Å²) < 4.78 is 0. The van der Waals surface area contributed by atoms with Gasteiger partial charge in [-0.05, 0) is 39.0 Å². The van der Waals surface area contributed by atoms with E-state index in [0.717, 1.165) is 0 Å². The van der Waals surface area contributed by atoms with Gasteiger partial charge in [-0.1, -0.05) is 11.6 Å². The van der Waals surface area contributed by atoms with Crippen LogP contribution in [0.3, 0.4) is 0 Å². The Morgan fingerprint density at radius 3 is 2.68 bits per heavy atom. The highest BCUT2D eigenvalue weighted by Gasteiger charge is 2.29. The number of anilines is 1. The number of carbonyl (C=O) groups excluding carboxylic acids is 3. The summed E-state index contributed by atoms with van der Waals surface area (Å²) >= 11 is 6.16. The third kappa shape index (κ3) is 4.22. The number of nitrogens with zero attached hydrogens (tertiary/aromatic N) is 2. The van der Waals surface area contributed by atoms with E-state index in [-0.39, 0.29) is 11.8 Å². The number of rotatable bonds is 4. The molecule has 1 fully saturated rings. The maximum atomic E-state index is 12.5. The normalized spacial score (nSPS) is 17.0. The molecule has 1 aromatic carbocycles. The number of hydrogen-bond acceptors (Lipinski definition) is 3. The minimum absolute atomic E-state index is 0.122. The standard InChI is InChI=1S/C17H23ClN4O3/c1-4-21(5-2)16(24)12-6-7-13(18)14(10-12)20-17(25)22-9-8-19-15(23)11(22)3/h6-7,10-11H,4-5,8-9H2,1-3H3,(H,19,23)(H,20,25)/t11-/m1/s1. The molecule has 0 saturated carbocycles. The SMILES string of the molecule is CCN(CC)C(=O)c1ccc(Cl)c(NC(=O)N2CCNC(=O)[C@H]2C)c1. The highest BCUT2D eigenvalue weighted by Crippen LogP contribution is 2.24. The molecule has 2 N–H and O–H groups in total. The number of piperazine rings is 1. The van der Waals surface area contributed by atoms with Crippen molar-refractivity contribution in [2.45, 2.75) is 26.8 Å². The lowest BCUT2D eigenvalue weighted by molar-refractivity contribution is -0.126. The smallest absolute Gasteiger partial charge is 0.322 e. The van der Waals surface area contributed by atoms with Gasteiger partial charge in [0.15, 0.2) is 0 Å². The van der Waals surface area contributed by atoms with Crippen LogP contribution in [0.15, 0.2) is 18.2 Å². The molecular formula is C17H23ClN4O3. The van der Waals surface area contributed by atoms with E-state index in [0.29, 0.717) is 42.5 Å². The Hall–Kier alpha value is -2.28. The van der Waals surface area contributed by atoms with Crippen molar-refractivity contribution in [2.24, 2.45) is 0 Å². The number of benzene rings is 1. The summed E-state index contributed by atoms with van der Waals surface area (Å²) in [6, 6.07) is 3.80. The fourth-order valence-electron chi connectivity index (χ4n) is 2.69. The number of urea groups is 1. The van der Waals surface area contributed by atoms with Gasteiger partial charge in [0.05, 0.1) is 10.7 Å². The van der Waals surface area contributed by atoms with Gasteiger partial charge in [-0.3, -0.25) is 9.59 Å². The third-order valence-corrected chi connectivity index (χ3v) is 4.59. The fourth-order valence-corrected chi connectivity index (χ4v) is 2.86. The highest BCUT2D eigenvalue weighted by atomic mass is 35.5. The average molecular weight is 367 g/mol. The molecule has 25 heavy (non-hydrogen) atoms. The van der Waals surface area contributed by atoms with Crippen LogP contribution in [0.25, 0.3) is 0 Å². The lowest BCUT2D eigenvalue weighted by Crippen LogP contribution is -2.56. The number of amides is 4. The quantitative estimate of drug-likeness (QED) is 0.856. The molecule has 0 aliphatic carbocycles. The molecule has 2 rings (SSSR count). The molecule has 8 heteroatoms. The Bertz CT molecular complexity index is 676. The van der Waals surface area contributed by atoms with Crippen molar-refractivity contribution >= 4 is 35.1 Å². The maximum Gasteiger partial charge on any atom is 0.322 e. The van der Waals surface area contributed by atoms with E-state index >= 15 is 0 Å². The largest absolute Gasteiger partial charge is 0.353 e. The second kappa shape index (κ2) is 8.20. The fraction of sp³-hybridized carbons (Fsp3) is 0.471. The van der Waals surface area contributed by atoms with Crippen molar-refractivity contribution in [1.29, 1.82) is 0 Å². The first-order chi connectivity index (χ1) is 11.9. The molecule has 0 radical (unpaired) electrons. The molecule has 1 atom stereocenters. The number of nitrogens with one attached hydrogen (secondary N) is 2. The summed E-state index contributed by atoms with van der Waals surface area (Å²) in [4.78, 5) is 39.8. The van der Waals surface area contributed by atoms with E-state index in [2.05, 4.69) is 10.6 Å². The lowest BCUT2D eigenvalue weighted by Gasteiger charge is -2.32. The number of carbonyl (C=O) groups is 3. The second-order valence-corrected chi connectivity index (χ2v) is 6.17. The highest BCUT2D eigenvalue weighted by molar-refractivity contribution is 6.33. The van der Waals surface area contributed by atoms with Gasteiger partial charge < -0.3 is 20.4 Å². The third-order valence-electron chi connectivity index (χ3n) is 4.27. The van der Waals surface area contributed by atoms with Crippen LogP contribution in [0.4, 0.5) is 10.5 Å². The molecule has 0 spiro atoms. The first kappa shape index (κ1) is 19.1. The van der Waals surface area contributed by atoms with E-state index in [1.54, 1.807) is 30.0 Å². The van der Waals surface area contributed by atoms with Crippen LogP contribution in [0.5, 0.6) is 0 Å². The zero-order chi connectivity index (χ0) is 18.6.